The van der Waals surface area contributed by atoms with E-state index in [9.17, 15) is 4.79 Å². The van der Waals surface area contributed by atoms with Gasteiger partial charge in [-0.1, -0.05) is 30.9 Å². The van der Waals surface area contributed by atoms with Gasteiger partial charge in [0.15, 0.2) is 5.17 Å². The summed E-state index contributed by atoms with van der Waals surface area (Å²) >= 11 is 1.30. The van der Waals surface area contributed by atoms with Gasteiger partial charge in [-0.3, -0.25) is 4.79 Å². The molecule has 0 spiro atoms. The number of benzene rings is 2. The third-order valence-electron chi connectivity index (χ3n) is 3.75. The fourth-order valence-electron chi connectivity index (χ4n) is 2.44. The highest BCUT2D eigenvalue weighted by atomic mass is 32.2. The molecular formula is C21H20N2O3S. The Labute approximate surface area is 162 Å². The Hall–Kier alpha value is -2.99. The SMILES string of the molecule is C=CCOc1ccc(/C=C2\SC(=Nc3cc(C)ccc3OC)NC2=O)cc1. The number of hydrogen-bond donors (Lipinski definition) is 1. The fourth-order valence-corrected chi connectivity index (χ4v) is 3.28. The van der Waals surface area contributed by atoms with Crippen molar-refractivity contribution in [2.75, 3.05) is 13.7 Å². The number of carbonyl (C=O) groups is 1. The van der Waals surface area contributed by atoms with Gasteiger partial charge in [0.25, 0.3) is 5.91 Å². The van der Waals surface area contributed by atoms with Crippen molar-refractivity contribution in [1.29, 1.82) is 0 Å². The summed E-state index contributed by atoms with van der Waals surface area (Å²) in [4.78, 5) is 17.4. The second-order valence-electron chi connectivity index (χ2n) is 5.83. The Kier molecular flexibility index (Phi) is 5.98. The fraction of sp³-hybridized carbons (Fsp3) is 0.143. The molecule has 1 saturated heterocycles. The first kappa shape index (κ1) is 18.8. The number of nitrogens with zero attached hydrogens (tertiary/aromatic N) is 1. The van der Waals surface area contributed by atoms with Crippen molar-refractivity contribution in [1.82, 2.24) is 5.32 Å². The van der Waals surface area contributed by atoms with Crippen molar-refractivity contribution in [3.63, 3.8) is 0 Å². The zero-order valence-corrected chi connectivity index (χ0v) is 16.0. The van der Waals surface area contributed by atoms with Crippen LogP contribution in [-0.4, -0.2) is 24.8 Å². The van der Waals surface area contributed by atoms with E-state index in [1.807, 2.05) is 55.5 Å². The molecule has 0 radical (unpaired) electrons. The maximum absolute atomic E-state index is 12.3. The van der Waals surface area contributed by atoms with Crippen LogP contribution in [0.15, 0.2) is 65.0 Å². The number of amides is 1. The molecule has 1 aliphatic rings. The Morgan fingerprint density at radius 1 is 1.22 bits per heavy atom. The molecule has 1 fully saturated rings. The van der Waals surface area contributed by atoms with Crippen molar-refractivity contribution < 1.29 is 14.3 Å². The lowest BCUT2D eigenvalue weighted by molar-refractivity contribution is -0.115. The topological polar surface area (TPSA) is 59.9 Å². The van der Waals surface area contributed by atoms with Crippen LogP contribution in [-0.2, 0) is 4.79 Å². The van der Waals surface area contributed by atoms with E-state index in [2.05, 4.69) is 16.9 Å². The standard InChI is InChI=1S/C21H20N2O3S/c1-4-11-26-16-8-6-15(7-9-16)13-19-20(24)23-21(27-19)22-17-12-14(2)5-10-18(17)25-3/h4-10,12-13H,1,11H2,2-3H3,(H,22,23,24)/b19-13-. The van der Waals surface area contributed by atoms with Crippen molar-refractivity contribution in [2.45, 2.75) is 6.92 Å². The third-order valence-corrected chi connectivity index (χ3v) is 4.66. The predicted molar refractivity (Wildman–Crippen MR) is 111 cm³/mol. The number of amidine groups is 1. The summed E-state index contributed by atoms with van der Waals surface area (Å²) < 4.78 is 10.8. The lowest BCUT2D eigenvalue weighted by atomic mass is 10.2. The molecule has 138 valence electrons. The van der Waals surface area contributed by atoms with E-state index < -0.39 is 0 Å². The van der Waals surface area contributed by atoms with E-state index in [0.29, 0.717) is 28.1 Å². The number of methoxy groups -OCH3 is 1. The van der Waals surface area contributed by atoms with Crippen molar-refractivity contribution >= 4 is 34.6 Å². The Bertz CT molecular complexity index is 918. The Morgan fingerprint density at radius 2 is 2.00 bits per heavy atom. The molecule has 1 aliphatic heterocycles. The number of thioether (sulfide) groups is 1. The molecule has 0 atom stereocenters. The van der Waals surface area contributed by atoms with Gasteiger partial charge in [-0.05, 0) is 60.2 Å². The minimum absolute atomic E-state index is 0.169. The first-order chi connectivity index (χ1) is 13.1. The molecule has 5 nitrogen and oxygen atoms in total. The average Bonchev–Trinajstić information content (AvgIpc) is 3.00. The van der Waals surface area contributed by atoms with Crippen LogP contribution >= 0.6 is 11.8 Å². The number of aryl methyl sites for hydroxylation is 1. The smallest absolute Gasteiger partial charge is 0.264 e. The van der Waals surface area contributed by atoms with E-state index in [1.165, 1.54) is 11.8 Å². The summed E-state index contributed by atoms with van der Waals surface area (Å²) in [6.07, 6.45) is 3.52. The molecule has 0 unspecified atom stereocenters. The third kappa shape index (κ3) is 4.80. The van der Waals surface area contributed by atoms with Gasteiger partial charge in [0, 0.05) is 0 Å². The Morgan fingerprint density at radius 3 is 2.70 bits per heavy atom. The maximum Gasteiger partial charge on any atom is 0.264 e. The van der Waals surface area contributed by atoms with Crippen molar-refractivity contribution in [3.05, 3.63) is 71.2 Å². The van der Waals surface area contributed by atoms with Gasteiger partial charge in [-0.2, -0.15) is 0 Å². The summed E-state index contributed by atoms with van der Waals surface area (Å²) in [7, 11) is 1.60. The summed E-state index contributed by atoms with van der Waals surface area (Å²) in [5.41, 5.74) is 2.66. The van der Waals surface area contributed by atoms with E-state index in [-0.39, 0.29) is 5.91 Å². The molecular weight excluding hydrogens is 360 g/mol. The molecule has 1 N–H and O–H groups in total. The largest absolute Gasteiger partial charge is 0.494 e. The highest BCUT2D eigenvalue weighted by Gasteiger charge is 2.24. The van der Waals surface area contributed by atoms with Gasteiger partial charge in [-0.25, -0.2) is 4.99 Å². The van der Waals surface area contributed by atoms with Crippen molar-refractivity contribution in [3.8, 4) is 11.5 Å². The normalized spacial score (nSPS) is 16.4. The number of nitrogens with one attached hydrogen (secondary N) is 1. The minimum Gasteiger partial charge on any atom is -0.494 e. The van der Waals surface area contributed by atoms with Crippen LogP contribution in [0.25, 0.3) is 6.08 Å². The number of rotatable bonds is 6. The molecule has 1 heterocycles. The van der Waals surface area contributed by atoms with Crippen LogP contribution in [0, 0.1) is 6.92 Å². The van der Waals surface area contributed by atoms with Crippen LogP contribution in [0.2, 0.25) is 0 Å². The van der Waals surface area contributed by atoms with E-state index in [0.717, 1.165) is 16.9 Å². The van der Waals surface area contributed by atoms with Crippen LogP contribution in [0.1, 0.15) is 11.1 Å². The molecule has 27 heavy (non-hydrogen) atoms. The highest BCUT2D eigenvalue weighted by molar-refractivity contribution is 8.18. The average molecular weight is 380 g/mol. The zero-order valence-electron chi connectivity index (χ0n) is 15.2. The molecule has 2 aromatic rings. The number of hydrogen-bond acceptors (Lipinski definition) is 5. The van der Waals surface area contributed by atoms with Crippen LogP contribution in [0.5, 0.6) is 11.5 Å². The molecule has 3 rings (SSSR count). The highest BCUT2D eigenvalue weighted by Crippen LogP contribution is 2.33. The van der Waals surface area contributed by atoms with Crippen LogP contribution < -0.4 is 14.8 Å². The van der Waals surface area contributed by atoms with Gasteiger partial charge in [0.1, 0.15) is 23.8 Å². The summed E-state index contributed by atoms with van der Waals surface area (Å²) in [6, 6.07) is 13.3. The first-order valence-electron chi connectivity index (χ1n) is 8.37. The summed E-state index contributed by atoms with van der Waals surface area (Å²) in [5, 5.41) is 3.33. The quantitative estimate of drug-likeness (QED) is 0.594. The molecule has 2 aromatic carbocycles. The second kappa shape index (κ2) is 8.60. The van der Waals surface area contributed by atoms with Gasteiger partial charge >= 0.3 is 0 Å². The minimum atomic E-state index is -0.169. The monoisotopic (exact) mass is 380 g/mol. The Balaban J connectivity index is 1.78. The second-order valence-corrected chi connectivity index (χ2v) is 6.86. The lowest BCUT2D eigenvalue weighted by Crippen LogP contribution is -2.19. The molecule has 6 heteroatoms. The number of aliphatic imine (C=N–C) groups is 1. The van der Waals surface area contributed by atoms with Gasteiger partial charge < -0.3 is 14.8 Å². The summed E-state index contributed by atoms with van der Waals surface area (Å²) in [5.74, 6) is 1.25. The number of carbonyl (C=O) groups excluding carboxylic acids is 1. The zero-order chi connectivity index (χ0) is 19.2. The van der Waals surface area contributed by atoms with E-state index in [1.54, 1.807) is 13.2 Å². The van der Waals surface area contributed by atoms with Crippen LogP contribution in [0.4, 0.5) is 5.69 Å². The number of ether oxygens (including phenoxy) is 2. The summed E-state index contributed by atoms with van der Waals surface area (Å²) in [6.45, 7) is 6.06. The van der Waals surface area contributed by atoms with Gasteiger partial charge in [0.2, 0.25) is 0 Å². The maximum atomic E-state index is 12.3. The first-order valence-corrected chi connectivity index (χ1v) is 9.18. The predicted octanol–water partition coefficient (Wildman–Crippen LogP) is 4.46. The molecule has 1 amide bonds. The van der Waals surface area contributed by atoms with E-state index >= 15 is 0 Å². The van der Waals surface area contributed by atoms with E-state index in [4.69, 9.17) is 9.47 Å². The lowest BCUT2D eigenvalue weighted by Gasteiger charge is -2.05. The van der Waals surface area contributed by atoms with Crippen LogP contribution in [0.3, 0.4) is 0 Å². The van der Waals surface area contributed by atoms with Gasteiger partial charge in [-0.15, -0.1) is 0 Å². The molecule has 0 saturated carbocycles. The molecule has 0 aliphatic carbocycles. The van der Waals surface area contributed by atoms with Crippen molar-refractivity contribution in [2.24, 2.45) is 4.99 Å². The molecule has 0 aromatic heterocycles. The molecule has 0 bridgehead atoms. The van der Waals surface area contributed by atoms with Gasteiger partial charge in [0.05, 0.1) is 12.0 Å².